The maximum Gasteiger partial charge on any atom is 0.305 e. The van der Waals surface area contributed by atoms with Crippen LogP contribution in [0.4, 0.5) is 5.95 Å². The summed E-state index contributed by atoms with van der Waals surface area (Å²) in [7, 11) is 0. The first kappa shape index (κ1) is 14.3. The topological polar surface area (TPSA) is 75.1 Å². The zero-order valence-electron chi connectivity index (χ0n) is 10.9. The van der Waals surface area contributed by atoms with Gasteiger partial charge in [-0.05, 0) is 25.1 Å². The summed E-state index contributed by atoms with van der Waals surface area (Å²) in [5.74, 6) is -0.431. The lowest BCUT2D eigenvalue weighted by Crippen LogP contribution is -2.10. The molecule has 6 heteroatoms. The lowest BCUT2D eigenvalue weighted by molar-refractivity contribution is -0.136. The van der Waals surface area contributed by atoms with Crippen LogP contribution >= 0.6 is 11.6 Å². The van der Waals surface area contributed by atoms with Crippen molar-refractivity contribution in [3.8, 4) is 11.3 Å². The molecule has 0 amide bonds. The number of nitrogens with zero attached hydrogens (tertiary/aromatic N) is 2. The molecule has 0 atom stereocenters. The Morgan fingerprint density at radius 3 is 2.65 bits per heavy atom. The van der Waals surface area contributed by atoms with Crippen molar-refractivity contribution < 1.29 is 9.90 Å². The standard InChI is InChI=1S/C14H14ClN3O2/c1-9-8-12(10-2-4-11(15)5-3-10)18-14(17-9)16-7-6-13(19)20/h2-5,8H,6-7H2,1H3,(H,19,20)(H,16,17,18). The largest absolute Gasteiger partial charge is 0.481 e. The number of aliphatic carboxylic acids is 1. The Labute approximate surface area is 121 Å². The highest BCUT2D eigenvalue weighted by atomic mass is 35.5. The molecule has 0 radical (unpaired) electrons. The lowest BCUT2D eigenvalue weighted by Gasteiger charge is -2.07. The molecule has 0 aliphatic carbocycles. The van der Waals surface area contributed by atoms with Crippen molar-refractivity contribution >= 4 is 23.5 Å². The summed E-state index contributed by atoms with van der Waals surface area (Å²) in [5.41, 5.74) is 2.51. The SMILES string of the molecule is Cc1cc(-c2ccc(Cl)cc2)nc(NCCC(=O)O)n1. The van der Waals surface area contributed by atoms with Gasteiger partial charge in [-0.2, -0.15) is 0 Å². The fourth-order valence-corrected chi connectivity index (χ4v) is 1.82. The normalized spacial score (nSPS) is 10.3. The third kappa shape index (κ3) is 3.93. The molecular formula is C14H14ClN3O2. The molecular weight excluding hydrogens is 278 g/mol. The third-order valence-corrected chi connectivity index (χ3v) is 2.87. The van der Waals surface area contributed by atoms with E-state index >= 15 is 0 Å². The summed E-state index contributed by atoms with van der Waals surface area (Å²) in [5, 5.41) is 12.2. The summed E-state index contributed by atoms with van der Waals surface area (Å²) in [6, 6.07) is 9.22. The van der Waals surface area contributed by atoms with Gasteiger partial charge in [-0.1, -0.05) is 23.7 Å². The van der Waals surface area contributed by atoms with Crippen LogP contribution in [0.15, 0.2) is 30.3 Å². The van der Waals surface area contributed by atoms with E-state index in [2.05, 4.69) is 15.3 Å². The first-order valence-electron chi connectivity index (χ1n) is 6.12. The zero-order valence-corrected chi connectivity index (χ0v) is 11.7. The number of aryl methyl sites for hydroxylation is 1. The molecule has 0 spiro atoms. The van der Waals surface area contributed by atoms with Crippen molar-refractivity contribution in [3.05, 3.63) is 41.0 Å². The Hall–Kier alpha value is -2.14. The van der Waals surface area contributed by atoms with Crippen molar-refractivity contribution in [1.29, 1.82) is 0 Å². The number of rotatable bonds is 5. The molecule has 0 aliphatic rings. The van der Waals surface area contributed by atoms with Gasteiger partial charge in [-0.3, -0.25) is 4.79 Å². The van der Waals surface area contributed by atoms with E-state index in [0.29, 0.717) is 17.5 Å². The number of benzene rings is 1. The second-order valence-electron chi connectivity index (χ2n) is 4.30. The van der Waals surface area contributed by atoms with Crippen LogP contribution in [-0.2, 0) is 4.79 Å². The number of aromatic nitrogens is 2. The monoisotopic (exact) mass is 291 g/mol. The second kappa shape index (κ2) is 6.34. The Bertz CT molecular complexity index is 614. The van der Waals surface area contributed by atoms with Crippen LogP contribution in [0.1, 0.15) is 12.1 Å². The van der Waals surface area contributed by atoms with Gasteiger partial charge in [-0.25, -0.2) is 9.97 Å². The average Bonchev–Trinajstić information content (AvgIpc) is 2.38. The number of carboxylic acids is 1. The molecule has 5 nitrogen and oxygen atoms in total. The van der Waals surface area contributed by atoms with E-state index in [1.54, 1.807) is 12.1 Å². The van der Waals surface area contributed by atoms with E-state index in [9.17, 15) is 4.79 Å². The third-order valence-electron chi connectivity index (χ3n) is 2.62. The summed E-state index contributed by atoms with van der Waals surface area (Å²) < 4.78 is 0. The minimum Gasteiger partial charge on any atom is -0.481 e. The van der Waals surface area contributed by atoms with Crippen molar-refractivity contribution in [2.45, 2.75) is 13.3 Å². The lowest BCUT2D eigenvalue weighted by atomic mass is 10.1. The number of carbonyl (C=O) groups is 1. The van der Waals surface area contributed by atoms with Crippen LogP contribution in [0.2, 0.25) is 5.02 Å². The molecule has 20 heavy (non-hydrogen) atoms. The number of hydrogen-bond donors (Lipinski definition) is 2. The maximum atomic E-state index is 10.5. The second-order valence-corrected chi connectivity index (χ2v) is 4.73. The van der Waals surface area contributed by atoms with Crippen LogP contribution in [0.5, 0.6) is 0 Å². The summed E-state index contributed by atoms with van der Waals surface area (Å²) >= 11 is 5.86. The van der Waals surface area contributed by atoms with Gasteiger partial charge in [0.15, 0.2) is 0 Å². The van der Waals surface area contributed by atoms with Crippen LogP contribution in [0.3, 0.4) is 0 Å². The number of halogens is 1. The van der Waals surface area contributed by atoms with Crippen LogP contribution in [0.25, 0.3) is 11.3 Å². The van der Waals surface area contributed by atoms with Crippen LogP contribution in [-0.4, -0.2) is 27.6 Å². The molecule has 0 aliphatic heterocycles. The Balaban J connectivity index is 2.19. The van der Waals surface area contributed by atoms with E-state index in [4.69, 9.17) is 16.7 Å². The quantitative estimate of drug-likeness (QED) is 0.886. The summed E-state index contributed by atoms with van der Waals surface area (Å²) in [6.07, 6.45) is 0.0214. The van der Waals surface area contributed by atoms with Crippen molar-refractivity contribution in [1.82, 2.24) is 9.97 Å². The van der Waals surface area contributed by atoms with Crippen LogP contribution < -0.4 is 5.32 Å². The van der Waals surface area contributed by atoms with Crippen molar-refractivity contribution in [2.75, 3.05) is 11.9 Å². The van der Waals surface area contributed by atoms with Gasteiger partial charge >= 0.3 is 5.97 Å². The van der Waals surface area contributed by atoms with E-state index in [0.717, 1.165) is 17.0 Å². The number of anilines is 1. The van der Waals surface area contributed by atoms with Crippen molar-refractivity contribution in [3.63, 3.8) is 0 Å². The van der Waals surface area contributed by atoms with Gasteiger partial charge in [0.05, 0.1) is 12.1 Å². The summed E-state index contributed by atoms with van der Waals surface area (Å²) in [4.78, 5) is 19.1. The van der Waals surface area contributed by atoms with Gasteiger partial charge in [0.25, 0.3) is 0 Å². The van der Waals surface area contributed by atoms with Gasteiger partial charge in [-0.15, -0.1) is 0 Å². The first-order valence-corrected chi connectivity index (χ1v) is 6.49. The predicted molar refractivity (Wildman–Crippen MR) is 78.0 cm³/mol. The van der Waals surface area contributed by atoms with Gasteiger partial charge < -0.3 is 10.4 Å². The Kier molecular flexibility index (Phi) is 4.53. The van der Waals surface area contributed by atoms with Gasteiger partial charge in [0, 0.05) is 22.8 Å². The maximum absolute atomic E-state index is 10.5. The highest BCUT2D eigenvalue weighted by Crippen LogP contribution is 2.21. The number of carboxylic acid groups (broad SMARTS) is 1. The van der Waals surface area contributed by atoms with Crippen molar-refractivity contribution in [2.24, 2.45) is 0 Å². The molecule has 1 aromatic heterocycles. The van der Waals surface area contributed by atoms with E-state index < -0.39 is 5.97 Å². The molecule has 0 fully saturated rings. The first-order chi connectivity index (χ1) is 9.54. The minimum absolute atomic E-state index is 0.0214. The number of hydrogen-bond acceptors (Lipinski definition) is 4. The average molecular weight is 292 g/mol. The van der Waals surface area contributed by atoms with Gasteiger partial charge in [0.1, 0.15) is 0 Å². The molecule has 2 N–H and O–H groups in total. The van der Waals surface area contributed by atoms with Gasteiger partial charge in [0.2, 0.25) is 5.95 Å². The fraction of sp³-hybridized carbons (Fsp3) is 0.214. The minimum atomic E-state index is -0.858. The zero-order chi connectivity index (χ0) is 14.5. The summed E-state index contributed by atoms with van der Waals surface area (Å²) in [6.45, 7) is 2.16. The molecule has 104 valence electrons. The molecule has 1 aromatic carbocycles. The molecule has 2 aromatic rings. The number of nitrogens with one attached hydrogen (secondary N) is 1. The predicted octanol–water partition coefficient (Wildman–Crippen LogP) is 2.99. The van der Waals surface area contributed by atoms with E-state index in [1.807, 2.05) is 25.1 Å². The molecule has 0 unspecified atom stereocenters. The molecule has 0 saturated carbocycles. The van der Waals surface area contributed by atoms with Crippen LogP contribution in [0, 0.1) is 6.92 Å². The smallest absolute Gasteiger partial charge is 0.305 e. The Morgan fingerprint density at radius 2 is 2.00 bits per heavy atom. The molecule has 2 rings (SSSR count). The highest BCUT2D eigenvalue weighted by molar-refractivity contribution is 6.30. The fourth-order valence-electron chi connectivity index (χ4n) is 1.70. The highest BCUT2D eigenvalue weighted by Gasteiger charge is 2.05. The molecule has 0 saturated heterocycles. The molecule has 1 heterocycles. The molecule has 0 bridgehead atoms. The van der Waals surface area contributed by atoms with E-state index in [-0.39, 0.29) is 6.42 Å². The Morgan fingerprint density at radius 1 is 1.30 bits per heavy atom. The van der Waals surface area contributed by atoms with E-state index in [1.165, 1.54) is 0 Å².